The van der Waals surface area contributed by atoms with Crippen molar-refractivity contribution in [1.29, 1.82) is 0 Å². The third-order valence-corrected chi connectivity index (χ3v) is 5.62. The standard InChI is InChI=1S/C22H22F2N4/c23-22(24)11-9-16(26-20-8-4-2-6-18(20)22)14-28-13-15-10-12-25-19-7-3-1-5-17(19)21(15)27-28/h1-8,13,16,25-26H,9-12,14H2. The van der Waals surface area contributed by atoms with Gasteiger partial charge in [-0.2, -0.15) is 5.10 Å². The van der Waals surface area contributed by atoms with Gasteiger partial charge in [0.15, 0.2) is 0 Å². The van der Waals surface area contributed by atoms with E-state index in [2.05, 4.69) is 29.0 Å². The Bertz CT molecular complexity index is 1010. The van der Waals surface area contributed by atoms with E-state index in [1.165, 1.54) is 11.6 Å². The number of nitrogens with one attached hydrogen (secondary N) is 2. The first kappa shape index (κ1) is 17.2. The van der Waals surface area contributed by atoms with E-state index < -0.39 is 5.92 Å². The van der Waals surface area contributed by atoms with E-state index in [4.69, 9.17) is 5.10 Å². The van der Waals surface area contributed by atoms with Crippen LogP contribution in [0.15, 0.2) is 54.7 Å². The summed E-state index contributed by atoms with van der Waals surface area (Å²) in [5.41, 5.74) is 4.98. The highest BCUT2D eigenvalue weighted by Gasteiger charge is 2.37. The van der Waals surface area contributed by atoms with Gasteiger partial charge in [-0.15, -0.1) is 0 Å². The molecule has 144 valence electrons. The Labute approximate surface area is 162 Å². The number of fused-ring (bicyclic) bond motifs is 4. The van der Waals surface area contributed by atoms with Crippen LogP contribution in [0.2, 0.25) is 0 Å². The molecule has 4 nitrogen and oxygen atoms in total. The summed E-state index contributed by atoms with van der Waals surface area (Å²) in [6.45, 7) is 1.42. The maximum Gasteiger partial charge on any atom is 0.275 e. The summed E-state index contributed by atoms with van der Waals surface area (Å²) in [7, 11) is 0. The Kier molecular flexibility index (Phi) is 4.07. The Morgan fingerprint density at radius 2 is 1.86 bits per heavy atom. The van der Waals surface area contributed by atoms with Crippen LogP contribution in [0.1, 0.15) is 24.0 Å². The highest BCUT2D eigenvalue weighted by molar-refractivity contribution is 5.78. The minimum absolute atomic E-state index is 0.0913. The van der Waals surface area contributed by atoms with Gasteiger partial charge >= 0.3 is 0 Å². The highest BCUT2D eigenvalue weighted by atomic mass is 19.3. The van der Waals surface area contributed by atoms with Crippen molar-refractivity contribution in [3.05, 3.63) is 65.9 Å². The van der Waals surface area contributed by atoms with Crippen LogP contribution in [0.25, 0.3) is 11.3 Å². The van der Waals surface area contributed by atoms with Gasteiger partial charge in [0, 0.05) is 47.7 Å². The van der Waals surface area contributed by atoms with Gasteiger partial charge in [0.1, 0.15) is 0 Å². The van der Waals surface area contributed by atoms with Gasteiger partial charge < -0.3 is 10.6 Å². The van der Waals surface area contributed by atoms with Crippen molar-refractivity contribution in [3.63, 3.8) is 0 Å². The zero-order chi connectivity index (χ0) is 19.1. The topological polar surface area (TPSA) is 41.9 Å². The van der Waals surface area contributed by atoms with Crippen molar-refractivity contribution in [3.8, 4) is 11.3 Å². The lowest BCUT2D eigenvalue weighted by Crippen LogP contribution is -2.25. The Balaban J connectivity index is 1.43. The van der Waals surface area contributed by atoms with Crippen LogP contribution in [0, 0.1) is 0 Å². The van der Waals surface area contributed by atoms with Crippen LogP contribution in [-0.4, -0.2) is 22.4 Å². The monoisotopic (exact) mass is 380 g/mol. The van der Waals surface area contributed by atoms with Crippen LogP contribution in [-0.2, 0) is 18.9 Å². The molecule has 0 saturated carbocycles. The molecule has 0 saturated heterocycles. The first-order valence-electron chi connectivity index (χ1n) is 9.74. The number of benzene rings is 2. The summed E-state index contributed by atoms with van der Waals surface area (Å²) < 4.78 is 30.9. The van der Waals surface area contributed by atoms with Gasteiger partial charge in [0.2, 0.25) is 0 Å². The molecular formula is C22H22F2N4. The number of hydrogen-bond acceptors (Lipinski definition) is 3. The molecule has 0 radical (unpaired) electrons. The smallest absolute Gasteiger partial charge is 0.275 e. The molecule has 5 rings (SSSR count). The molecule has 2 N–H and O–H groups in total. The van der Waals surface area contributed by atoms with Crippen LogP contribution in [0.4, 0.5) is 20.2 Å². The fourth-order valence-corrected chi connectivity index (χ4v) is 4.21. The minimum atomic E-state index is -2.80. The summed E-state index contributed by atoms with van der Waals surface area (Å²) in [6, 6.07) is 14.8. The van der Waals surface area contributed by atoms with E-state index in [1.807, 2.05) is 16.8 Å². The second-order valence-corrected chi connectivity index (χ2v) is 7.58. The summed E-state index contributed by atoms with van der Waals surface area (Å²) in [4.78, 5) is 0. The molecule has 2 aromatic carbocycles. The van der Waals surface area contributed by atoms with Crippen molar-refractivity contribution >= 4 is 11.4 Å². The molecule has 2 aliphatic heterocycles. The number of aromatic nitrogens is 2. The van der Waals surface area contributed by atoms with Crippen LogP contribution < -0.4 is 10.6 Å². The van der Waals surface area contributed by atoms with E-state index in [9.17, 15) is 8.78 Å². The molecule has 3 heterocycles. The first-order chi connectivity index (χ1) is 13.6. The molecule has 1 atom stereocenters. The van der Waals surface area contributed by atoms with Crippen molar-refractivity contribution in [2.45, 2.75) is 37.8 Å². The second-order valence-electron chi connectivity index (χ2n) is 7.58. The van der Waals surface area contributed by atoms with Crippen molar-refractivity contribution < 1.29 is 8.78 Å². The lowest BCUT2D eigenvalue weighted by Gasteiger charge is -2.18. The van der Waals surface area contributed by atoms with Crippen molar-refractivity contribution in [1.82, 2.24) is 9.78 Å². The number of hydrogen-bond donors (Lipinski definition) is 2. The lowest BCUT2D eigenvalue weighted by molar-refractivity contribution is -0.0139. The zero-order valence-electron chi connectivity index (χ0n) is 15.5. The number of nitrogens with zero attached hydrogens (tertiary/aromatic N) is 2. The maximum absolute atomic E-state index is 14.5. The van der Waals surface area contributed by atoms with Gasteiger partial charge in [-0.3, -0.25) is 4.68 Å². The molecule has 28 heavy (non-hydrogen) atoms. The average Bonchev–Trinajstić information content (AvgIpc) is 2.94. The Hall–Kier alpha value is -2.89. The number of rotatable bonds is 2. The SMILES string of the molecule is FC1(F)CCC(Cn2cc3c(n2)-c2ccccc2NCC3)Nc2ccccc21. The Morgan fingerprint density at radius 3 is 2.75 bits per heavy atom. The van der Waals surface area contributed by atoms with E-state index in [-0.39, 0.29) is 18.0 Å². The minimum Gasteiger partial charge on any atom is -0.384 e. The average molecular weight is 380 g/mol. The van der Waals surface area contributed by atoms with Gasteiger partial charge in [-0.1, -0.05) is 36.4 Å². The summed E-state index contributed by atoms with van der Waals surface area (Å²) >= 11 is 0. The van der Waals surface area contributed by atoms with Crippen LogP contribution in [0.5, 0.6) is 0 Å². The van der Waals surface area contributed by atoms with Crippen molar-refractivity contribution in [2.75, 3.05) is 17.2 Å². The van der Waals surface area contributed by atoms with Crippen LogP contribution >= 0.6 is 0 Å². The molecule has 0 amide bonds. The van der Waals surface area contributed by atoms with Crippen molar-refractivity contribution in [2.24, 2.45) is 0 Å². The largest absolute Gasteiger partial charge is 0.384 e. The second kappa shape index (κ2) is 6.62. The molecule has 0 aliphatic carbocycles. The molecule has 1 unspecified atom stereocenters. The molecule has 0 bridgehead atoms. The third kappa shape index (κ3) is 3.03. The highest BCUT2D eigenvalue weighted by Crippen LogP contribution is 2.41. The van der Waals surface area contributed by atoms with Crippen LogP contribution in [0.3, 0.4) is 0 Å². The molecule has 0 fully saturated rings. The quantitative estimate of drug-likeness (QED) is 0.666. The van der Waals surface area contributed by atoms with E-state index in [0.717, 1.165) is 29.9 Å². The predicted molar refractivity (Wildman–Crippen MR) is 107 cm³/mol. The summed E-state index contributed by atoms with van der Waals surface area (Å²) in [5.74, 6) is -2.80. The summed E-state index contributed by atoms with van der Waals surface area (Å²) in [6.07, 6.45) is 3.19. The summed E-state index contributed by atoms with van der Waals surface area (Å²) in [5, 5.41) is 11.6. The maximum atomic E-state index is 14.5. The Morgan fingerprint density at radius 1 is 1.07 bits per heavy atom. The van der Waals surface area contributed by atoms with Gasteiger partial charge in [0.25, 0.3) is 5.92 Å². The molecule has 2 aliphatic rings. The molecular weight excluding hydrogens is 358 g/mol. The third-order valence-electron chi connectivity index (χ3n) is 5.62. The van der Waals surface area contributed by atoms with E-state index in [1.54, 1.807) is 18.2 Å². The predicted octanol–water partition coefficient (Wildman–Crippen LogP) is 4.88. The first-order valence-corrected chi connectivity index (χ1v) is 9.74. The molecule has 1 aromatic heterocycles. The number of halogens is 2. The van der Waals surface area contributed by atoms with E-state index >= 15 is 0 Å². The number of alkyl halides is 2. The zero-order valence-corrected chi connectivity index (χ0v) is 15.5. The molecule has 0 spiro atoms. The fourth-order valence-electron chi connectivity index (χ4n) is 4.21. The molecule has 6 heteroatoms. The normalized spacial score (nSPS) is 19.9. The van der Waals surface area contributed by atoms with Gasteiger partial charge in [-0.05, 0) is 30.5 Å². The van der Waals surface area contributed by atoms with Gasteiger partial charge in [0.05, 0.1) is 12.2 Å². The number of para-hydroxylation sites is 2. The van der Waals surface area contributed by atoms with E-state index in [0.29, 0.717) is 18.7 Å². The fraction of sp³-hybridized carbons (Fsp3) is 0.318. The lowest BCUT2D eigenvalue weighted by atomic mass is 10.0. The molecule has 3 aromatic rings. The number of anilines is 2. The van der Waals surface area contributed by atoms with Gasteiger partial charge in [-0.25, -0.2) is 8.78 Å².